The van der Waals surface area contributed by atoms with Crippen LogP contribution >= 0.6 is 0 Å². The van der Waals surface area contributed by atoms with Gasteiger partial charge in [-0.3, -0.25) is 4.79 Å². The quantitative estimate of drug-likeness (QED) is 0.726. The SMILES string of the molecule is Cc1cc(F)cc(N2CCC(=O)C(C)C2)c1. The third kappa shape index (κ3) is 2.23. The van der Waals surface area contributed by atoms with E-state index >= 15 is 0 Å². The van der Waals surface area contributed by atoms with E-state index in [4.69, 9.17) is 0 Å². The lowest BCUT2D eigenvalue weighted by molar-refractivity contribution is -0.122. The van der Waals surface area contributed by atoms with Crippen LogP contribution in [0.4, 0.5) is 10.1 Å². The molecule has 2 rings (SSSR count). The molecular weight excluding hydrogens is 205 g/mol. The number of Topliss-reactive ketones (excluding diaryl/α,β-unsaturated/α-hetero) is 1. The molecule has 16 heavy (non-hydrogen) atoms. The molecule has 86 valence electrons. The summed E-state index contributed by atoms with van der Waals surface area (Å²) < 4.78 is 13.3. The Morgan fingerprint density at radius 1 is 1.38 bits per heavy atom. The van der Waals surface area contributed by atoms with Crippen LogP contribution in [0.15, 0.2) is 18.2 Å². The first kappa shape index (κ1) is 11.1. The van der Waals surface area contributed by atoms with E-state index in [1.807, 2.05) is 19.9 Å². The fraction of sp³-hybridized carbons (Fsp3) is 0.462. The van der Waals surface area contributed by atoms with Gasteiger partial charge in [-0.25, -0.2) is 4.39 Å². The lowest BCUT2D eigenvalue weighted by Crippen LogP contribution is -2.39. The molecule has 1 aliphatic heterocycles. The maximum Gasteiger partial charge on any atom is 0.139 e. The van der Waals surface area contributed by atoms with E-state index in [1.165, 1.54) is 12.1 Å². The van der Waals surface area contributed by atoms with Crippen molar-refractivity contribution >= 4 is 11.5 Å². The molecule has 1 fully saturated rings. The molecule has 0 radical (unpaired) electrons. The van der Waals surface area contributed by atoms with Gasteiger partial charge in [0.05, 0.1) is 0 Å². The van der Waals surface area contributed by atoms with Gasteiger partial charge in [0.15, 0.2) is 0 Å². The summed E-state index contributed by atoms with van der Waals surface area (Å²) in [4.78, 5) is 13.5. The summed E-state index contributed by atoms with van der Waals surface area (Å²) >= 11 is 0. The number of anilines is 1. The highest BCUT2D eigenvalue weighted by Crippen LogP contribution is 2.23. The van der Waals surface area contributed by atoms with Crippen LogP contribution in [0.25, 0.3) is 0 Å². The van der Waals surface area contributed by atoms with Crippen LogP contribution in [0.3, 0.4) is 0 Å². The van der Waals surface area contributed by atoms with E-state index in [-0.39, 0.29) is 11.7 Å². The molecule has 1 saturated heterocycles. The summed E-state index contributed by atoms with van der Waals surface area (Å²) in [5.41, 5.74) is 1.80. The number of piperidine rings is 1. The maximum atomic E-state index is 13.3. The second kappa shape index (κ2) is 4.24. The minimum absolute atomic E-state index is 0.0531. The molecule has 0 spiro atoms. The molecule has 1 atom stereocenters. The minimum Gasteiger partial charge on any atom is -0.370 e. The summed E-state index contributed by atoms with van der Waals surface area (Å²) in [5, 5.41) is 0. The first-order valence-electron chi connectivity index (χ1n) is 5.61. The molecule has 0 saturated carbocycles. The number of nitrogens with zero attached hydrogens (tertiary/aromatic N) is 1. The Hall–Kier alpha value is -1.38. The lowest BCUT2D eigenvalue weighted by atomic mass is 9.98. The summed E-state index contributed by atoms with van der Waals surface area (Å²) in [6, 6.07) is 5.02. The molecule has 0 bridgehead atoms. The molecule has 1 heterocycles. The fourth-order valence-corrected chi connectivity index (χ4v) is 2.15. The van der Waals surface area contributed by atoms with Crippen molar-refractivity contribution in [1.29, 1.82) is 0 Å². The molecule has 0 aromatic heterocycles. The number of hydrogen-bond acceptors (Lipinski definition) is 2. The molecule has 0 aliphatic carbocycles. The van der Waals surface area contributed by atoms with Gasteiger partial charge >= 0.3 is 0 Å². The Labute approximate surface area is 95.1 Å². The van der Waals surface area contributed by atoms with E-state index in [0.717, 1.165) is 11.3 Å². The first-order chi connectivity index (χ1) is 7.56. The smallest absolute Gasteiger partial charge is 0.139 e. The molecule has 1 aromatic rings. The molecule has 1 aliphatic rings. The zero-order chi connectivity index (χ0) is 11.7. The molecule has 0 amide bonds. The van der Waals surface area contributed by atoms with Crippen LogP contribution in [0, 0.1) is 18.7 Å². The Kier molecular flexibility index (Phi) is 2.95. The highest BCUT2D eigenvalue weighted by molar-refractivity contribution is 5.83. The summed E-state index contributed by atoms with van der Waals surface area (Å²) in [5.74, 6) is 0.154. The van der Waals surface area contributed by atoms with Crippen molar-refractivity contribution in [2.24, 2.45) is 5.92 Å². The number of ketones is 1. The number of carbonyl (C=O) groups is 1. The van der Waals surface area contributed by atoms with Crippen molar-refractivity contribution in [3.63, 3.8) is 0 Å². The number of halogens is 1. The number of aryl methyl sites for hydroxylation is 1. The predicted molar refractivity (Wildman–Crippen MR) is 62.1 cm³/mol. The van der Waals surface area contributed by atoms with E-state index in [1.54, 1.807) is 0 Å². The molecule has 1 aromatic carbocycles. The molecule has 3 heteroatoms. The minimum atomic E-state index is -0.209. The van der Waals surface area contributed by atoms with Gasteiger partial charge in [-0.1, -0.05) is 6.92 Å². The maximum absolute atomic E-state index is 13.3. The van der Waals surface area contributed by atoms with Gasteiger partial charge in [-0.05, 0) is 30.7 Å². The molecule has 2 nitrogen and oxygen atoms in total. The van der Waals surface area contributed by atoms with E-state index in [0.29, 0.717) is 25.3 Å². The van der Waals surface area contributed by atoms with Crippen molar-refractivity contribution < 1.29 is 9.18 Å². The Balaban J connectivity index is 2.21. The van der Waals surface area contributed by atoms with Gasteiger partial charge in [0.25, 0.3) is 0 Å². The normalized spacial score (nSPS) is 21.3. The number of hydrogen-bond donors (Lipinski definition) is 0. The highest BCUT2D eigenvalue weighted by atomic mass is 19.1. The van der Waals surface area contributed by atoms with E-state index in [2.05, 4.69) is 4.90 Å². The fourth-order valence-electron chi connectivity index (χ4n) is 2.15. The lowest BCUT2D eigenvalue weighted by Gasteiger charge is -2.32. The average Bonchev–Trinajstić information content (AvgIpc) is 2.20. The largest absolute Gasteiger partial charge is 0.370 e. The number of carbonyl (C=O) groups excluding carboxylic acids is 1. The van der Waals surface area contributed by atoms with Crippen LogP contribution in [0.1, 0.15) is 18.9 Å². The van der Waals surface area contributed by atoms with Crippen LogP contribution in [0.2, 0.25) is 0 Å². The number of benzene rings is 1. The summed E-state index contributed by atoms with van der Waals surface area (Å²) in [7, 11) is 0. The van der Waals surface area contributed by atoms with E-state index in [9.17, 15) is 9.18 Å². The standard InChI is InChI=1S/C13H16FNO/c1-9-5-11(14)7-12(6-9)15-4-3-13(16)10(2)8-15/h5-7,10H,3-4,8H2,1-2H3. The van der Waals surface area contributed by atoms with E-state index < -0.39 is 0 Å². The van der Waals surface area contributed by atoms with Crippen molar-refractivity contribution in [1.82, 2.24) is 0 Å². The van der Waals surface area contributed by atoms with Crippen LogP contribution in [0.5, 0.6) is 0 Å². The second-order valence-electron chi connectivity index (χ2n) is 4.55. The average molecular weight is 221 g/mol. The Bertz CT molecular complexity index is 396. The van der Waals surface area contributed by atoms with Gasteiger partial charge in [0, 0.05) is 31.1 Å². The first-order valence-corrected chi connectivity index (χ1v) is 5.61. The predicted octanol–water partition coefficient (Wildman–Crippen LogP) is 2.55. The van der Waals surface area contributed by atoms with Crippen LogP contribution < -0.4 is 4.90 Å². The molecular formula is C13H16FNO. The summed E-state index contributed by atoms with van der Waals surface area (Å²) in [6.45, 7) is 5.21. The van der Waals surface area contributed by atoms with Crippen molar-refractivity contribution in [3.8, 4) is 0 Å². The second-order valence-corrected chi connectivity index (χ2v) is 4.55. The van der Waals surface area contributed by atoms with Gasteiger partial charge < -0.3 is 4.90 Å². The molecule has 0 N–H and O–H groups in total. The van der Waals surface area contributed by atoms with Crippen LogP contribution in [-0.4, -0.2) is 18.9 Å². The Morgan fingerprint density at radius 3 is 2.75 bits per heavy atom. The third-order valence-electron chi connectivity index (χ3n) is 3.06. The zero-order valence-corrected chi connectivity index (χ0v) is 9.66. The topological polar surface area (TPSA) is 20.3 Å². The number of rotatable bonds is 1. The Morgan fingerprint density at radius 2 is 2.12 bits per heavy atom. The zero-order valence-electron chi connectivity index (χ0n) is 9.66. The van der Waals surface area contributed by atoms with Gasteiger partial charge in [0.2, 0.25) is 0 Å². The van der Waals surface area contributed by atoms with Gasteiger partial charge in [0.1, 0.15) is 11.6 Å². The van der Waals surface area contributed by atoms with Crippen molar-refractivity contribution in [3.05, 3.63) is 29.6 Å². The van der Waals surface area contributed by atoms with Gasteiger partial charge in [-0.2, -0.15) is 0 Å². The summed E-state index contributed by atoms with van der Waals surface area (Å²) in [6.07, 6.45) is 0.566. The van der Waals surface area contributed by atoms with Crippen LogP contribution in [-0.2, 0) is 4.79 Å². The highest BCUT2D eigenvalue weighted by Gasteiger charge is 2.23. The third-order valence-corrected chi connectivity index (χ3v) is 3.06. The van der Waals surface area contributed by atoms with Gasteiger partial charge in [-0.15, -0.1) is 0 Å². The molecule has 1 unspecified atom stereocenters. The van der Waals surface area contributed by atoms with Crippen molar-refractivity contribution in [2.45, 2.75) is 20.3 Å². The van der Waals surface area contributed by atoms with Crippen molar-refractivity contribution in [2.75, 3.05) is 18.0 Å². The monoisotopic (exact) mass is 221 g/mol.